The van der Waals surface area contributed by atoms with Crippen molar-refractivity contribution >= 4 is 57.2 Å². The van der Waals surface area contributed by atoms with Gasteiger partial charge in [0.05, 0.1) is 0 Å². The van der Waals surface area contributed by atoms with Crippen LogP contribution in [0.1, 0.15) is 37.5 Å². The molecule has 3 nitrogen and oxygen atoms in total. The molecule has 6 rings (SSSR count). The van der Waals surface area contributed by atoms with Crippen LogP contribution in [-0.4, -0.2) is 6.71 Å². The maximum Gasteiger partial charge on any atom is 0.241 e. The Kier molecular flexibility index (Phi) is 9.85. The van der Waals surface area contributed by atoms with Gasteiger partial charge in [0.15, 0.2) is 0 Å². The first kappa shape index (κ1) is 30.8. The van der Waals surface area contributed by atoms with Gasteiger partial charge in [-0.05, 0) is 109 Å². The molecule has 0 aliphatic carbocycles. The topological polar surface area (TPSA) is 36.1 Å². The zero-order chi connectivity index (χ0) is 31.7. The Morgan fingerprint density at radius 1 is 0.304 bits per heavy atom. The van der Waals surface area contributed by atoms with Gasteiger partial charge in [0, 0.05) is 34.1 Å². The zero-order valence-corrected chi connectivity index (χ0v) is 27.1. The van der Waals surface area contributed by atoms with E-state index in [1.54, 1.807) is 0 Å². The first-order valence-corrected chi connectivity index (χ1v) is 16.5. The molecule has 3 N–H and O–H groups in total. The van der Waals surface area contributed by atoms with Crippen molar-refractivity contribution in [3.05, 3.63) is 162 Å². The van der Waals surface area contributed by atoms with Gasteiger partial charge < -0.3 is 16.0 Å². The van der Waals surface area contributed by atoms with Crippen molar-refractivity contribution in [2.45, 2.75) is 40.0 Å². The predicted molar refractivity (Wildman–Crippen MR) is 201 cm³/mol. The number of aryl methyl sites for hydroxylation is 3. The minimum Gasteiger partial charge on any atom is -0.356 e. The number of anilines is 6. The highest BCUT2D eigenvalue weighted by Crippen LogP contribution is 2.20. The number of hydrogen-bond acceptors (Lipinski definition) is 3. The molecule has 0 aromatic heterocycles. The Bertz CT molecular complexity index is 1590. The first-order chi connectivity index (χ1) is 22.6. The third kappa shape index (κ3) is 7.70. The molecule has 0 atom stereocenters. The highest BCUT2D eigenvalue weighted by molar-refractivity contribution is 6.95. The molecule has 46 heavy (non-hydrogen) atoms. The summed E-state index contributed by atoms with van der Waals surface area (Å²) < 4.78 is 0. The molecule has 0 heterocycles. The van der Waals surface area contributed by atoms with Crippen molar-refractivity contribution in [3.8, 4) is 0 Å². The minimum absolute atomic E-state index is 0.0914. The van der Waals surface area contributed by atoms with Crippen molar-refractivity contribution in [3.63, 3.8) is 0 Å². The maximum absolute atomic E-state index is 3.56. The zero-order valence-electron chi connectivity index (χ0n) is 27.1. The molecule has 6 aromatic carbocycles. The second-order valence-electron chi connectivity index (χ2n) is 11.8. The van der Waals surface area contributed by atoms with E-state index >= 15 is 0 Å². The SMILES string of the molecule is CCc1ccc(Nc2ccc(B(c3ccc(Nc4ccc(CC)cc4)cc3)c3ccc(Nc4ccc(CC)cc4)cc3)cc2)cc1. The molecule has 0 aliphatic heterocycles. The molecular formula is C42H42BN3. The second kappa shape index (κ2) is 14.7. The van der Waals surface area contributed by atoms with Crippen LogP contribution in [0.5, 0.6) is 0 Å². The van der Waals surface area contributed by atoms with Crippen LogP contribution in [0.4, 0.5) is 34.1 Å². The van der Waals surface area contributed by atoms with Crippen LogP contribution < -0.4 is 32.3 Å². The monoisotopic (exact) mass is 599 g/mol. The lowest BCUT2D eigenvalue weighted by atomic mass is 9.37. The molecule has 0 bridgehead atoms. The largest absolute Gasteiger partial charge is 0.356 e. The Balaban J connectivity index is 1.25. The normalized spacial score (nSPS) is 10.8. The summed E-state index contributed by atoms with van der Waals surface area (Å²) in [4.78, 5) is 0. The van der Waals surface area contributed by atoms with Gasteiger partial charge in [0.25, 0.3) is 0 Å². The summed E-state index contributed by atoms with van der Waals surface area (Å²) in [6.07, 6.45) is 3.13. The van der Waals surface area contributed by atoms with E-state index in [0.29, 0.717) is 0 Å². The van der Waals surface area contributed by atoms with E-state index in [-0.39, 0.29) is 6.71 Å². The smallest absolute Gasteiger partial charge is 0.241 e. The number of benzene rings is 6. The second-order valence-corrected chi connectivity index (χ2v) is 11.8. The van der Waals surface area contributed by atoms with Gasteiger partial charge in [-0.2, -0.15) is 0 Å². The van der Waals surface area contributed by atoms with Crippen LogP contribution in [-0.2, 0) is 19.3 Å². The van der Waals surface area contributed by atoms with Crippen LogP contribution in [0.3, 0.4) is 0 Å². The van der Waals surface area contributed by atoms with Gasteiger partial charge in [-0.15, -0.1) is 0 Å². The fraction of sp³-hybridized carbons (Fsp3) is 0.143. The minimum atomic E-state index is 0.0914. The van der Waals surface area contributed by atoms with Gasteiger partial charge in [0.2, 0.25) is 6.71 Å². The van der Waals surface area contributed by atoms with Crippen LogP contribution in [0.15, 0.2) is 146 Å². The average molecular weight is 600 g/mol. The van der Waals surface area contributed by atoms with Crippen molar-refractivity contribution < 1.29 is 0 Å². The molecule has 0 saturated heterocycles. The van der Waals surface area contributed by atoms with Gasteiger partial charge in [-0.3, -0.25) is 0 Å². The van der Waals surface area contributed by atoms with Crippen molar-refractivity contribution in [1.29, 1.82) is 0 Å². The third-order valence-corrected chi connectivity index (χ3v) is 8.68. The molecule has 0 spiro atoms. The van der Waals surface area contributed by atoms with Crippen molar-refractivity contribution in [2.24, 2.45) is 0 Å². The molecule has 4 heteroatoms. The Morgan fingerprint density at radius 2 is 0.500 bits per heavy atom. The Hall–Kier alpha value is -5.22. The fourth-order valence-corrected chi connectivity index (χ4v) is 5.83. The average Bonchev–Trinajstić information content (AvgIpc) is 3.11. The molecule has 0 saturated carbocycles. The summed E-state index contributed by atoms with van der Waals surface area (Å²) >= 11 is 0. The maximum atomic E-state index is 3.56. The summed E-state index contributed by atoms with van der Waals surface area (Å²) in [5.74, 6) is 0. The third-order valence-electron chi connectivity index (χ3n) is 8.68. The summed E-state index contributed by atoms with van der Waals surface area (Å²) in [6, 6.07) is 52.6. The van der Waals surface area contributed by atoms with E-state index in [0.717, 1.165) is 53.4 Å². The molecule has 0 amide bonds. The standard InChI is InChI=1S/C42H42BN3/c1-4-31-7-19-37(20-8-31)44-40-25-13-34(14-26-40)43(35-15-27-41(28-16-35)45-38-21-9-32(5-2)10-22-38)36-17-29-42(30-18-36)46-39-23-11-33(6-3)12-24-39/h7-30,44-46H,4-6H2,1-3H3. The summed E-state index contributed by atoms with van der Waals surface area (Å²) in [6.45, 7) is 6.64. The molecular weight excluding hydrogens is 557 g/mol. The number of hydrogen-bond donors (Lipinski definition) is 3. The summed E-state index contributed by atoms with van der Waals surface area (Å²) in [7, 11) is 0. The van der Waals surface area contributed by atoms with Gasteiger partial charge in [0.1, 0.15) is 0 Å². The van der Waals surface area contributed by atoms with E-state index < -0.39 is 0 Å². The molecule has 228 valence electrons. The molecule has 0 fully saturated rings. The van der Waals surface area contributed by atoms with E-state index in [1.807, 2.05) is 0 Å². The molecule has 0 radical (unpaired) electrons. The van der Waals surface area contributed by atoms with Crippen molar-refractivity contribution in [2.75, 3.05) is 16.0 Å². The lowest BCUT2D eigenvalue weighted by Crippen LogP contribution is -2.51. The predicted octanol–water partition coefficient (Wildman–Crippen LogP) is 9.12. The van der Waals surface area contributed by atoms with Crippen molar-refractivity contribution in [1.82, 2.24) is 0 Å². The lowest BCUT2D eigenvalue weighted by Gasteiger charge is -2.18. The van der Waals surface area contributed by atoms with Crippen LogP contribution in [0.25, 0.3) is 0 Å². The highest BCUT2D eigenvalue weighted by atomic mass is 14.9. The first-order valence-electron chi connectivity index (χ1n) is 16.5. The van der Waals surface area contributed by atoms with E-state index in [9.17, 15) is 0 Å². The quantitative estimate of drug-likeness (QED) is 0.123. The van der Waals surface area contributed by atoms with Crippen LogP contribution in [0, 0.1) is 0 Å². The van der Waals surface area contributed by atoms with E-state index in [1.165, 1.54) is 33.1 Å². The Labute approximate surface area is 274 Å². The fourth-order valence-electron chi connectivity index (χ4n) is 5.83. The molecule has 0 unspecified atom stereocenters. The molecule has 0 aliphatic rings. The van der Waals surface area contributed by atoms with E-state index in [4.69, 9.17) is 0 Å². The van der Waals surface area contributed by atoms with Crippen LogP contribution in [0.2, 0.25) is 0 Å². The van der Waals surface area contributed by atoms with Crippen LogP contribution >= 0.6 is 0 Å². The Morgan fingerprint density at radius 3 is 0.696 bits per heavy atom. The van der Waals surface area contributed by atoms with Gasteiger partial charge in [-0.1, -0.05) is 110 Å². The lowest BCUT2D eigenvalue weighted by molar-refractivity contribution is 1.14. The number of rotatable bonds is 12. The molecule has 6 aromatic rings. The summed E-state index contributed by atoms with van der Waals surface area (Å²) in [5.41, 5.74) is 14.3. The van der Waals surface area contributed by atoms with E-state index in [2.05, 4.69) is 182 Å². The summed E-state index contributed by atoms with van der Waals surface area (Å²) in [5, 5.41) is 10.7. The number of nitrogens with one attached hydrogen (secondary N) is 3. The van der Waals surface area contributed by atoms with Gasteiger partial charge in [-0.25, -0.2) is 0 Å². The van der Waals surface area contributed by atoms with Gasteiger partial charge >= 0.3 is 0 Å². The highest BCUT2D eigenvalue weighted by Gasteiger charge is 2.22.